The van der Waals surface area contributed by atoms with E-state index >= 15 is 0 Å². The first-order valence-electron chi connectivity index (χ1n) is 5.69. The van der Waals surface area contributed by atoms with Crippen molar-refractivity contribution in [2.45, 2.75) is 6.42 Å². The van der Waals surface area contributed by atoms with Gasteiger partial charge in [-0.3, -0.25) is 9.78 Å². The van der Waals surface area contributed by atoms with E-state index in [1.165, 1.54) is 0 Å². The molecule has 0 spiro atoms. The first kappa shape index (κ1) is 13.0. The van der Waals surface area contributed by atoms with Crippen LogP contribution in [0.2, 0.25) is 0 Å². The van der Waals surface area contributed by atoms with E-state index in [2.05, 4.69) is 32.9 Å². The second-order valence-corrected chi connectivity index (χ2v) is 5.01. The molecule has 3 nitrogen and oxygen atoms in total. The first-order chi connectivity index (χ1) is 8.77. The number of nitrogens with one attached hydrogen (secondary N) is 1. The fraction of sp³-hybridized carbons (Fsp3) is 0.143. The van der Waals surface area contributed by atoms with Crippen molar-refractivity contribution in [3.05, 3.63) is 63.5 Å². The lowest BCUT2D eigenvalue weighted by molar-refractivity contribution is 0.0953. The number of carbonyl (C=O) groups excluding carboxylic acids is 1. The Bertz CT molecular complexity index is 528. The van der Waals surface area contributed by atoms with Crippen molar-refractivity contribution in [1.82, 2.24) is 10.3 Å². The van der Waals surface area contributed by atoms with E-state index in [1.807, 2.05) is 42.6 Å². The van der Waals surface area contributed by atoms with Crippen molar-refractivity contribution in [2.24, 2.45) is 0 Å². The summed E-state index contributed by atoms with van der Waals surface area (Å²) < 4.78 is 0.967. The third kappa shape index (κ3) is 3.53. The zero-order valence-electron chi connectivity index (χ0n) is 9.77. The van der Waals surface area contributed by atoms with Gasteiger partial charge in [-0.1, -0.05) is 18.2 Å². The molecule has 0 unspecified atom stereocenters. The molecule has 2 rings (SSSR count). The largest absolute Gasteiger partial charge is 0.352 e. The molecule has 0 saturated carbocycles. The van der Waals surface area contributed by atoms with Crippen LogP contribution in [0.3, 0.4) is 0 Å². The summed E-state index contributed by atoms with van der Waals surface area (Å²) >= 11 is 2.17. The van der Waals surface area contributed by atoms with Crippen molar-refractivity contribution in [3.8, 4) is 0 Å². The lowest BCUT2D eigenvalue weighted by Crippen LogP contribution is -2.26. The summed E-state index contributed by atoms with van der Waals surface area (Å²) in [5.41, 5.74) is 1.85. The van der Waals surface area contributed by atoms with Gasteiger partial charge in [0.1, 0.15) is 0 Å². The SMILES string of the molecule is O=C(NCCc1cccnc1)c1ccccc1I. The van der Waals surface area contributed by atoms with E-state index in [0.29, 0.717) is 6.54 Å². The molecule has 4 heteroatoms. The number of aromatic nitrogens is 1. The van der Waals surface area contributed by atoms with E-state index in [4.69, 9.17) is 0 Å². The highest BCUT2D eigenvalue weighted by Gasteiger charge is 2.07. The molecule has 0 fully saturated rings. The number of amides is 1. The van der Waals surface area contributed by atoms with Crippen LogP contribution < -0.4 is 5.32 Å². The second kappa shape index (κ2) is 6.49. The molecule has 92 valence electrons. The van der Waals surface area contributed by atoms with Crippen molar-refractivity contribution in [2.75, 3.05) is 6.54 Å². The van der Waals surface area contributed by atoms with Gasteiger partial charge in [0.15, 0.2) is 0 Å². The fourth-order valence-electron chi connectivity index (χ4n) is 1.61. The topological polar surface area (TPSA) is 42.0 Å². The Hall–Kier alpha value is -1.43. The monoisotopic (exact) mass is 352 g/mol. The second-order valence-electron chi connectivity index (χ2n) is 3.85. The lowest BCUT2D eigenvalue weighted by Gasteiger charge is -2.06. The first-order valence-corrected chi connectivity index (χ1v) is 6.77. The van der Waals surface area contributed by atoms with Gasteiger partial charge in [0, 0.05) is 22.5 Å². The van der Waals surface area contributed by atoms with Gasteiger partial charge in [-0.05, 0) is 52.8 Å². The smallest absolute Gasteiger partial charge is 0.252 e. The van der Waals surface area contributed by atoms with Crippen molar-refractivity contribution in [1.29, 1.82) is 0 Å². The Balaban J connectivity index is 1.88. The minimum absolute atomic E-state index is 0.0242. The van der Waals surface area contributed by atoms with Crippen molar-refractivity contribution in [3.63, 3.8) is 0 Å². The molecule has 18 heavy (non-hydrogen) atoms. The molecular formula is C14H13IN2O. The number of benzene rings is 1. The molecule has 1 amide bonds. The number of pyridine rings is 1. The number of hydrogen-bond donors (Lipinski definition) is 1. The maximum atomic E-state index is 11.9. The van der Waals surface area contributed by atoms with E-state index in [9.17, 15) is 4.79 Å². The van der Waals surface area contributed by atoms with E-state index in [0.717, 1.165) is 21.1 Å². The number of rotatable bonds is 4. The third-order valence-corrected chi connectivity index (χ3v) is 3.48. The van der Waals surface area contributed by atoms with Crippen LogP contribution in [0.4, 0.5) is 0 Å². The number of hydrogen-bond acceptors (Lipinski definition) is 2. The summed E-state index contributed by atoms with van der Waals surface area (Å²) in [5, 5.41) is 2.92. The predicted molar refractivity (Wildman–Crippen MR) is 79.4 cm³/mol. The maximum Gasteiger partial charge on any atom is 0.252 e. The molecule has 1 aromatic carbocycles. The maximum absolute atomic E-state index is 11.9. The molecule has 0 aliphatic carbocycles. The minimum atomic E-state index is -0.0242. The molecule has 0 radical (unpaired) electrons. The van der Waals surface area contributed by atoms with Crippen LogP contribution in [0, 0.1) is 3.57 Å². The molecule has 1 aromatic heterocycles. The van der Waals surface area contributed by atoms with E-state index < -0.39 is 0 Å². The Labute approximate surface area is 120 Å². The Morgan fingerprint density at radius 1 is 1.22 bits per heavy atom. The van der Waals surface area contributed by atoms with Gasteiger partial charge in [-0.25, -0.2) is 0 Å². The summed E-state index contributed by atoms with van der Waals surface area (Å²) in [6.45, 7) is 0.621. The average molecular weight is 352 g/mol. The summed E-state index contributed by atoms with van der Waals surface area (Å²) in [5.74, 6) is -0.0242. The summed E-state index contributed by atoms with van der Waals surface area (Å²) in [4.78, 5) is 16.0. The Morgan fingerprint density at radius 2 is 2.06 bits per heavy atom. The number of halogens is 1. The summed E-state index contributed by atoms with van der Waals surface area (Å²) in [6.07, 6.45) is 4.36. The van der Waals surface area contributed by atoms with Crippen LogP contribution in [-0.4, -0.2) is 17.4 Å². The van der Waals surface area contributed by atoms with Gasteiger partial charge in [0.25, 0.3) is 5.91 Å². The molecule has 1 heterocycles. The molecule has 1 N–H and O–H groups in total. The van der Waals surface area contributed by atoms with E-state index in [-0.39, 0.29) is 5.91 Å². The summed E-state index contributed by atoms with van der Waals surface area (Å²) in [6, 6.07) is 11.5. The van der Waals surface area contributed by atoms with E-state index in [1.54, 1.807) is 6.20 Å². The molecule has 0 aliphatic rings. The minimum Gasteiger partial charge on any atom is -0.352 e. The Morgan fingerprint density at radius 3 is 2.78 bits per heavy atom. The molecular weight excluding hydrogens is 339 g/mol. The molecule has 0 aliphatic heterocycles. The van der Waals surface area contributed by atoms with Crippen LogP contribution in [0.25, 0.3) is 0 Å². The van der Waals surface area contributed by atoms with Gasteiger partial charge in [0.05, 0.1) is 5.56 Å². The highest BCUT2D eigenvalue weighted by atomic mass is 127. The lowest BCUT2D eigenvalue weighted by atomic mass is 10.2. The highest BCUT2D eigenvalue weighted by molar-refractivity contribution is 14.1. The number of nitrogens with zero attached hydrogens (tertiary/aromatic N) is 1. The Kier molecular flexibility index (Phi) is 4.69. The molecule has 0 bridgehead atoms. The van der Waals surface area contributed by atoms with Crippen LogP contribution in [0.5, 0.6) is 0 Å². The fourth-order valence-corrected chi connectivity index (χ4v) is 2.24. The third-order valence-electron chi connectivity index (χ3n) is 2.54. The van der Waals surface area contributed by atoms with Gasteiger partial charge < -0.3 is 5.32 Å². The van der Waals surface area contributed by atoms with Crippen LogP contribution in [0.1, 0.15) is 15.9 Å². The van der Waals surface area contributed by atoms with Crippen LogP contribution in [-0.2, 0) is 6.42 Å². The zero-order valence-corrected chi connectivity index (χ0v) is 11.9. The van der Waals surface area contributed by atoms with Crippen LogP contribution in [0.15, 0.2) is 48.8 Å². The molecule has 0 atom stereocenters. The highest BCUT2D eigenvalue weighted by Crippen LogP contribution is 2.10. The predicted octanol–water partition coefficient (Wildman–Crippen LogP) is 2.66. The van der Waals surface area contributed by atoms with Gasteiger partial charge in [-0.15, -0.1) is 0 Å². The average Bonchev–Trinajstić information content (AvgIpc) is 2.40. The standard InChI is InChI=1S/C14H13IN2O/c15-13-6-2-1-5-12(13)14(18)17-9-7-11-4-3-8-16-10-11/h1-6,8,10H,7,9H2,(H,17,18). The van der Waals surface area contributed by atoms with Crippen LogP contribution >= 0.6 is 22.6 Å². The summed E-state index contributed by atoms with van der Waals surface area (Å²) in [7, 11) is 0. The van der Waals surface area contributed by atoms with Crippen molar-refractivity contribution >= 4 is 28.5 Å². The molecule has 2 aromatic rings. The molecule has 0 saturated heterocycles. The normalized spacial score (nSPS) is 10.1. The van der Waals surface area contributed by atoms with Gasteiger partial charge >= 0.3 is 0 Å². The van der Waals surface area contributed by atoms with Gasteiger partial charge in [0.2, 0.25) is 0 Å². The van der Waals surface area contributed by atoms with Crippen molar-refractivity contribution < 1.29 is 4.79 Å². The zero-order chi connectivity index (χ0) is 12.8. The van der Waals surface area contributed by atoms with Gasteiger partial charge in [-0.2, -0.15) is 0 Å². The quantitative estimate of drug-likeness (QED) is 0.860. The number of carbonyl (C=O) groups is 1.